The summed E-state index contributed by atoms with van der Waals surface area (Å²) in [6, 6.07) is 0. The van der Waals surface area contributed by atoms with Crippen LogP contribution in [0.2, 0.25) is 0 Å². The molecule has 0 aromatic carbocycles. The molecule has 16 heavy (non-hydrogen) atoms. The van der Waals surface area contributed by atoms with Gasteiger partial charge in [-0.15, -0.1) is 0 Å². The van der Waals surface area contributed by atoms with Gasteiger partial charge in [0, 0.05) is 6.08 Å². The minimum Gasteiger partial charge on any atom is -0.426 e. The van der Waals surface area contributed by atoms with Crippen LogP contribution in [0.5, 0.6) is 0 Å². The largest absolute Gasteiger partial charge is 0.534 e. The first kappa shape index (κ1) is 10.7. The average Bonchev–Trinajstić information content (AvgIpc) is 2.89. The SMILES string of the molecule is CC1(OC(=O)ON2CC(=O)C=CC2=O)CC1. The van der Waals surface area contributed by atoms with Crippen LogP contribution in [0.3, 0.4) is 0 Å². The summed E-state index contributed by atoms with van der Waals surface area (Å²) in [4.78, 5) is 38.1. The summed E-state index contributed by atoms with van der Waals surface area (Å²) >= 11 is 0. The van der Waals surface area contributed by atoms with Crippen LogP contribution in [-0.2, 0) is 19.2 Å². The maximum Gasteiger partial charge on any atom is 0.534 e. The Labute approximate surface area is 91.7 Å². The standard InChI is InChI=1S/C10H11NO5/c1-10(4-5-10)15-9(14)16-11-6-7(12)2-3-8(11)13/h2-3H,4-6H2,1H3. The Morgan fingerprint density at radius 1 is 1.38 bits per heavy atom. The fourth-order valence-corrected chi connectivity index (χ4v) is 1.18. The van der Waals surface area contributed by atoms with Crippen LogP contribution in [0.4, 0.5) is 4.79 Å². The second kappa shape index (κ2) is 3.62. The van der Waals surface area contributed by atoms with E-state index < -0.39 is 17.7 Å². The zero-order valence-corrected chi connectivity index (χ0v) is 8.76. The van der Waals surface area contributed by atoms with E-state index in [0.29, 0.717) is 5.06 Å². The van der Waals surface area contributed by atoms with Gasteiger partial charge in [0.1, 0.15) is 12.1 Å². The summed E-state index contributed by atoms with van der Waals surface area (Å²) in [6.07, 6.45) is 2.83. The number of rotatable bonds is 2. The van der Waals surface area contributed by atoms with Crippen molar-refractivity contribution < 1.29 is 24.0 Å². The third kappa shape index (κ3) is 2.39. The molecule has 0 radical (unpaired) electrons. The van der Waals surface area contributed by atoms with Crippen molar-refractivity contribution in [2.24, 2.45) is 0 Å². The van der Waals surface area contributed by atoms with E-state index in [9.17, 15) is 14.4 Å². The van der Waals surface area contributed by atoms with E-state index in [1.54, 1.807) is 6.92 Å². The Morgan fingerprint density at radius 3 is 2.69 bits per heavy atom. The van der Waals surface area contributed by atoms with E-state index in [-0.39, 0.29) is 12.3 Å². The Morgan fingerprint density at radius 2 is 2.06 bits per heavy atom. The van der Waals surface area contributed by atoms with Crippen LogP contribution >= 0.6 is 0 Å². The van der Waals surface area contributed by atoms with Crippen LogP contribution < -0.4 is 0 Å². The number of hydrogen-bond acceptors (Lipinski definition) is 5. The first-order chi connectivity index (χ1) is 7.48. The molecule has 2 rings (SSSR count). The summed E-state index contributed by atoms with van der Waals surface area (Å²) in [5.41, 5.74) is -0.463. The summed E-state index contributed by atoms with van der Waals surface area (Å²) < 4.78 is 4.94. The monoisotopic (exact) mass is 225 g/mol. The molecule has 0 spiro atoms. The molecule has 0 aromatic rings. The zero-order chi connectivity index (χ0) is 11.8. The molecule has 0 unspecified atom stereocenters. The van der Waals surface area contributed by atoms with E-state index in [2.05, 4.69) is 4.84 Å². The predicted molar refractivity (Wildman–Crippen MR) is 51.1 cm³/mol. The Kier molecular flexibility index (Phi) is 2.41. The molecule has 0 bridgehead atoms. The number of ether oxygens (including phenoxy) is 1. The van der Waals surface area contributed by atoms with Crippen LogP contribution in [-0.4, -0.2) is 35.1 Å². The molecular formula is C10H11NO5. The fourth-order valence-electron chi connectivity index (χ4n) is 1.18. The van der Waals surface area contributed by atoms with Gasteiger partial charge in [0.25, 0.3) is 5.91 Å². The summed E-state index contributed by atoms with van der Waals surface area (Å²) in [5.74, 6) is -0.845. The van der Waals surface area contributed by atoms with Gasteiger partial charge in [0.05, 0.1) is 0 Å². The van der Waals surface area contributed by atoms with Crippen molar-refractivity contribution in [3.63, 3.8) is 0 Å². The highest BCUT2D eigenvalue weighted by atomic mass is 16.8. The second-order valence-corrected chi connectivity index (χ2v) is 4.07. The van der Waals surface area contributed by atoms with Gasteiger partial charge >= 0.3 is 6.16 Å². The first-order valence-electron chi connectivity index (χ1n) is 4.92. The number of hydroxylamine groups is 2. The lowest BCUT2D eigenvalue weighted by Gasteiger charge is -2.21. The van der Waals surface area contributed by atoms with Crippen LogP contribution in [0.25, 0.3) is 0 Å². The van der Waals surface area contributed by atoms with Crippen molar-refractivity contribution in [3.05, 3.63) is 12.2 Å². The third-order valence-electron chi connectivity index (χ3n) is 2.43. The highest BCUT2D eigenvalue weighted by molar-refractivity contribution is 6.04. The van der Waals surface area contributed by atoms with Gasteiger partial charge in [0.2, 0.25) is 0 Å². The number of carbonyl (C=O) groups excluding carboxylic acids is 3. The molecule has 0 N–H and O–H groups in total. The van der Waals surface area contributed by atoms with Crippen molar-refractivity contribution in [2.45, 2.75) is 25.4 Å². The molecule has 2 aliphatic rings. The molecule has 1 heterocycles. The molecular weight excluding hydrogens is 214 g/mol. The van der Waals surface area contributed by atoms with Crippen molar-refractivity contribution >= 4 is 17.8 Å². The molecule has 6 nitrogen and oxygen atoms in total. The number of carbonyl (C=O) groups is 3. The molecule has 6 heteroatoms. The molecule has 0 saturated heterocycles. The average molecular weight is 225 g/mol. The summed E-state index contributed by atoms with van der Waals surface area (Å²) in [7, 11) is 0. The summed E-state index contributed by atoms with van der Waals surface area (Å²) in [5, 5.41) is 0.691. The lowest BCUT2D eigenvalue weighted by molar-refractivity contribution is -0.172. The quantitative estimate of drug-likeness (QED) is 0.642. The molecule has 1 saturated carbocycles. The molecule has 1 aliphatic carbocycles. The van der Waals surface area contributed by atoms with Gasteiger partial charge in [-0.2, -0.15) is 5.06 Å². The van der Waals surface area contributed by atoms with Gasteiger partial charge < -0.3 is 9.57 Å². The highest BCUT2D eigenvalue weighted by Gasteiger charge is 2.43. The van der Waals surface area contributed by atoms with Gasteiger partial charge in [-0.1, -0.05) is 0 Å². The third-order valence-corrected chi connectivity index (χ3v) is 2.43. The van der Waals surface area contributed by atoms with Crippen molar-refractivity contribution in [2.75, 3.05) is 6.54 Å². The predicted octanol–water partition coefficient (Wildman–Crippen LogP) is 0.575. The Bertz CT molecular complexity index is 383. The Hall–Kier alpha value is -1.85. The maximum absolute atomic E-state index is 11.2. The lowest BCUT2D eigenvalue weighted by Crippen LogP contribution is -2.39. The van der Waals surface area contributed by atoms with Gasteiger partial charge in [-0.25, -0.2) is 4.79 Å². The first-order valence-corrected chi connectivity index (χ1v) is 4.92. The van der Waals surface area contributed by atoms with Crippen LogP contribution in [0, 0.1) is 0 Å². The van der Waals surface area contributed by atoms with Crippen molar-refractivity contribution in [1.82, 2.24) is 5.06 Å². The minimum atomic E-state index is -0.948. The molecule has 1 fully saturated rings. The van der Waals surface area contributed by atoms with Crippen molar-refractivity contribution in [3.8, 4) is 0 Å². The van der Waals surface area contributed by atoms with Gasteiger partial charge in [-0.05, 0) is 25.8 Å². The van der Waals surface area contributed by atoms with E-state index in [1.165, 1.54) is 0 Å². The Balaban J connectivity index is 1.89. The number of amides is 1. The van der Waals surface area contributed by atoms with Crippen LogP contribution in [0.15, 0.2) is 12.2 Å². The number of nitrogens with zero attached hydrogens (tertiary/aromatic N) is 1. The molecule has 1 amide bonds. The lowest BCUT2D eigenvalue weighted by atomic mass is 10.3. The van der Waals surface area contributed by atoms with E-state index >= 15 is 0 Å². The number of ketones is 1. The van der Waals surface area contributed by atoms with Crippen LogP contribution in [0.1, 0.15) is 19.8 Å². The topological polar surface area (TPSA) is 72.9 Å². The molecule has 0 atom stereocenters. The van der Waals surface area contributed by atoms with Crippen molar-refractivity contribution in [1.29, 1.82) is 0 Å². The second-order valence-electron chi connectivity index (χ2n) is 4.07. The molecule has 0 aromatic heterocycles. The van der Waals surface area contributed by atoms with Gasteiger partial charge in [0.15, 0.2) is 5.78 Å². The van der Waals surface area contributed by atoms with E-state index in [0.717, 1.165) is 25.0 Å². The van der Waals surface area contributed by atoms with E-state index in [4.69, 9.17) is 4.74 Å². The highest BCUT2D eigenvalue weighted by Crippen LogP contribution is 2.38. The number of hydrogen-bond donors (Lipinski definition) is 0. The normalized spacial score (nSPS) is 21.9. The molecule has 1 aliphatic heterocycles. The zero-order valence-electron chi connectivity index (χ0n) is 8.76. The smallest absolute Gasteiger partial charge is 0.426 e. The van der Waals surface area contributed by atoms with E-state index in [1.807, 2.05) is 0 Å². The molecule has 86 valence electrons. The van der Waals surface area contributed by atoms with Gasteiger partial charge in [-0.3, -0.25) is 9.59 Å². The minimum absolute atomic E-state index is 0.263. The summed E-state index contributed by atoms with van der Waals surface area (Å²) in [6.45, 7) is 1.51. The fraction of sp³-hybridized carbons (Fsp3) is 0.500. The maximum atomic E-state index is 11.2.